The highest BCUT2D eigenvalue weighted by molar-refractivity contribution is 5.95. The van der Waals surface area contributed by atoms with Crippen LogP contribution in [0.1, 0.15) is 36.0 Å². The number of unbranched alkanes of at least 4 members (excludes halogenated alkanes) is 3. The van der Waals surface area contributed by atoms with Crippen molar-refractivity contribution in [2.75, 3.05) is 13.2 Å². The van der Waals surface area contributed by atoms with E-state index in [-0.39, 0.29) is 17.9 Å². The fourth-order valence-electron chi connectivity index (χ4n) is 1.69. The first-order valence-corrected chi connectivity index (χ1v) is 6.39. The Balaban J connectivity index is 2.50. The van der Waals surface area contributed by atoms with Crippen LogP contribution in [-0.2, 0) is 0 Å². The van der Waals surface area contributed by atoms with Crippen molar-refractivity contribution in [2.45, 2.75) is 25.7 Å². The van der Waals surface area contributed by atoms with Gasteiger partial charge in [0.15, 0.2) is 0 Å². The lowest BCUT2D eigenvalue weighted by molar-refractivity contribution is -0.384. The van der Waals surface area contributed by atoms with Gasteiger partial charge in [0.05, 0.1) is 10.5 Å². The van der Waals surface area contributed by atoms with Crippen molar-refractivity contribution < 1.29 is 19.2 Å². The number of hydrogen-bond acceptors (Lipinski definition) is 4. The molecule has 20 heavy (non-hydrogen) atoms. The lowest BCUT2D eigenvalue weighted by Gasteiger charge is -2.06. The number of aliphatic hydroxyl groups excluding tert-OH is 1. The van der Waals surface area contributed by atoms with Gasteiger partial charge in [-0.1, -0.05) is 12.8 Å². The van der Waals surface area contributed by atoms with E-state index in [0.29, 0.717) is 19.4 Å². The molecular formula is C13H17FN2O4. The molecule has 110 valence electrons. The molecule has 0 saturated heterocycles. The minimum absolute atomic E-state index is 0.144. The van der Waals surface area contributed by atoms with Crippen molar-refractivity contribution in [1.82, 2.24) is 5.32 Å². The van der Waals surface area contributed by atoms with Gasteiger partial charge in [0, 0.05) is 25.3 Å². The number of amides is 1. The van der Waals surface area contributed by atoms with Crippen molar-refractivity contribution in [1.29, 1.82) is 0 Å². The molecule has 0 atom stereocenters. The molecule has 0 spiro atoms. The Hall–Kier alpha value is -2.02. The maximum absolute atomic E-state index is 13.4. The molecule has 1 amide bonds. The molecule has 0 unspecified atom stereocenters. The molecule has 2 N–H and O–H groups in total. The maximum atomic E-state index is 13.4. The molecule has 0 saturated carbocycles. The zero-order valence-electron chi connectivity index (χ0n) is 11.0. The van der Waals surface area contributed by atoms with Gasteiger partial charge < -0.3 is 10.4 Å². The van der Waals surface area contributed by atoms with E-state index in [1.165, 1.54) is 0 Å². The zero-order chi connectivity index (χ0) is 15.0. The van der Waals surface area contributed by atoms with Gasteiger partial charge in [0.25, 0.3) is 11.6 Å². The molecule has 7 heteroatoms. The third-order valence-electron chi connectivity index (χ3n) is 2.78. The number of nitrogens with zero attached hydrogens (tertiary/aromatic N) is 1. The van der Waals surface area contributed by atoms with Gasteiger partial charge in [-0.25, -0.2) is 4.39 Å². The minimum Gasteiger partial charge on any atom is -0.396 e. The van der Waals surface area contributed by atoms with Gasteiger partial charge >= 0.3 is 0 Å². The van der Waals surface area contributed by atoms with Crippen molar-refractivity contribution >= 4 is 11.6 Å². The van der Waals surface area contributed by atoms with E-state index in [1.807, 2.05) is 0 Å². The van der Waals surface area contributed by atoms with E-state index < -0.39 is 16.6 Å². The highest BCUT2D eigenvalue weighted by Crippen LogP contribution is 2.16. The van der Waals surface area contributed by atoms with Crippen LogP contribution in [0.2, 0.25) is 0 Å². The molecule has 0 fully saturated rings. The van der Waals surface area contributed by atoms with E-state index in [0.717, 1.165) is 31.0 Å². The summed E-state index contributed by atoms with van der Waals surface area (Å²) in [6.45, 7) is 0.512. The Bertz CT molecular complexity index is 479. The van der Waals surface area contributed by atoms with Crippen molar-refractivity contribution in [3.63, 3.8) is 0 Å². The zero-order valence-corrected chi connectivity index (χ0v) is 11.0. The number of non-ortho nitro benzene ring substituents is 1. The summed E-state index contributed by atoms with van der Waals surface area (Å²) < 4.78 is 13.4. The van der Waals surface area contributed by atoms with Gasteiger partial charge in [-0.2, -0.15) is 0 Å². The largest absolute Gasteiger partial charge is 0.396 e. The van der Waals surface area contributed by atoms with Crippen LogP contribution in [0.15, 0.2) is 18.2 Å². The lowest BCUT2D eigenvalue weighted by atomic mass is 10.1. The highest BCUT2D eigenvalue weighted by Gasteiger charge is 2.16. The second-order valence-electron chi connectivity index (χ2n) is 4.31. The van der Waals surface area contributed by atoms with Gasteiger partial charge in [-0.3, -0.25) is 14.9 Å². The van der Waals surface area contributed by atoms with Crippen LogP contribution in [0.3, 0.4) is 0 Å². The predicted octanol–water partition coefficient (Wildman–Crippen LogP) is 2.02. The minimum atomic E-state index is -0.784. The second-order valence-corrected chi connectivity index (χ2v) is 4.31. The molecule has 6 nitrogen and oxygen atoms in total. The van der Waals surface area contributed by atoms with Gasteiger partial charge in [0.1, 0.15) is 5.82 Å². The van der Waals surface area contributed by atoms with Gasteiger partial charge in [-0.05, 0) is 18.9 Å². The summed E-state index contributed by atoms with van der Waals surface area (Å²) in [6, 6.07) is 2.85. The summed E-state index contributed by atoms with van der Waals surface area (Å²) >= 11 is 0. The number of carbonyl (C=O) groups excluding carboxylic acids is 1. The lowest BCUT2D eigenvalue weighted by Crippen LogP contribution is -2.25. The van der Waals surface area contributed by atoms with Crippen LogP contribution < -0.4 is 5.32 Å². The fourth-order valence-corrected chi connectivity index (χ4v) is 1.69. The number of nitrogens with one attached hydrogen (secondary N) is 1. The van der Waals surface area contributed by atoms with Crippen LogP contribution in [0.25, 0.3) is 0 Å². The Morgan fingerprint density at radius 3 is 2.65 bits per heavy atom. The van der Waals surface area contributed by atoms with E-state index in [4.69, 9.17) is 5.11 Å². The number of rotatable bonds is 8. The fraction of sp³-hybridized carbons (Fsp3) is 0.462. The Kier molecular flexibility index (Phi) is 6.58. The molecule has 1 rings (SSSR count). The maximum Gasteiger partial charge on any atom is 0.270 e. The molecule has 1 aromatic rings. The Morgan fingerprint density at radius 2 is 2.00 bits per heavy atom. The van der Waals surface area contributed by atoms with E-state index >= 15 is 0 Å². The number of halogens is 1. The molecule has 0 radical (unpaired) electrons. The quantitative estimate of drug-likeness (QED) is 0.434. The van der Waals surface area contributed by atoms with Crippen LogP contribution in [-0.4, -0.2) is 29.1 Å². The first-order valence-electron chi connectivity index (χ1n) is 6.39. The summed E-state index contributed by atoms with van der Waals surface area (Å²) in [6.07, 6.45) is 3.13. The highest BCUT2D eigenvalue weighted by atomic mass is 19.1. The molecule has 0 heterocycles. The standard InChI is InChI=1S/C13H17FN2O4/c14-12-6-5-10(16(19)20)9-11(12)13(18)15-7-3-1-2-4-8-17/h5-6,9,17H,1-4,7-8H2,(H,15,18). The first kappa shape index (κ1) is 16.0. The van der Waals surface area contributed by atoms with Crippen LogP contribution in [0, 0.1) is 15.9 Å². The van der Waals surface area contributed by atoms with Gasteiger partial charge in [-0.15, -0.1) is 0 Å². The molecule has 0 bridgehead atoms. The molecule has 1 aromatic carbocycles. The second kappa shape index (κ2) is 8.21. The monoisotopic (exact) mass is 284 g/mol. The van der Waals surface area contributed by atoms with Crippen LogP contribution >= 0.6 is 0 Å². The van der Waals surface area contributed by atoms with E-state index in [9.17, 15) is 19.3 Å². The third-order valence-corrected chi connectivity index (χ3v) is 2.78. The topological polar surface area (TPSA) is 92.5 Å². The van der Waals surface area contributed by atoms with Crippen LogP contribution in [0.5, 0.6) is 0 Å². The summed E-state index contributed by atoms with van der Waals surface area (Å²) in [5, 5.41) is 21.7. The molecule has 0 aliphatic carbocycles. The number of benzene rings is 1. The number of hydrogen-bond donors (Lipinski definition) is 2. The van der Waals surface area contributed by atoms with E-state index in [1.54, 1.807) is 0 Å². The number of nitro groups is 1. The SMILES string of the molecule is O=C(NCCCCCCO)c1cc([N+](=O)[O-])ccc1F. The van der Waals surface area contributed by atoms with E-state index in [2.05, 4.69) is 5.32 Å². The predicted molar refractivity (Wildman–Crippen MR) is 70.9 cm³/mol. The number of aliphatic hydroxyl groups is 1. The normalized spacial score (nSPS) is 10.3. The average molecular weight is 284 g/mol. The molecule has 0 aromatic heterocycles. The number of nitro benzene ring substituents is 1. The molecule has 0 aliphatic rings. The van der Waals surface area contributed by atoms with Crippen molar-refractivity contribution in [2.24, 2.45) is 0 Å². The Morgan fingerprint density at radius 1 is 1.30 bits per heavy atom. The first-order chi connectivity index (χ1) is 9.56. The Labute approximate surface area is 115 Å². The average Bonchev–Trinajstić information content (AvgIpc) is 2.42. The van der Waals surface area contributed by atoms with Gasteiger partial charge in [0.2, 0.25) is 0 Å². The number of carbonyl (C=O) groups is 1. The molecule has 0 aliphatic heterocycles. The molecular weight excluding hydrogens is 267 g/mol. The van der Waals surface area contributed by atoms with Crippen LogP contribution in [0.4, 0.5) is 10.1 Å². The summed E-state index contributed by atoms with van der Waals surface area (Å²) in [5.41, 5.74) is -0.644. The van der Waals surface area contributed by atoms with Crippen molar-refractivity contribution in [3.8, 4) is 0 Å². The summed E-state index contributed by atoms with van der Waals surface area (Å²) in [5.74, 6) is -1.44. The van der Waals surface area contributed by atoms with Crippen molar-refractivity contribution in [3.05, 3.63) is 39.7 Å². The summed E-state index contributed by atoms with van der Waals surface area (Å²) in [7, 11) is 0. The third kappa shape index (κ3) is 4.93. The smallest absolute Gasteiger partial charge is 0.270 e. The summed E-state index contributed by atoms with van der Waals surface area (Å²) in [4.78, 5) is 21.6.